The maximum absolute atomic E-state index is 3.94. The molecule has 1 N–H and O–H groups in total. The summed E-state index contributed by atoms with van der Waals surface area (Å²) < 4.78 is 0. The number of rotatable bonds is 5. The lowest BCUT2D eigenvalue weighted by Crippen LogP contribution is -2.66. The van der Waals surface area contributed by atoms with Crippen molar-refractivity contribution in [3.8, 4) is 0 Å². The smallest absolute Gasteiger partial charge is 0.0334 e. The number of piperazine rings is 1. The van der Waals surface area contributed by atoms with E-state index in [0.717, 1.165) is 17.9 Å². The van der Waals surface area contributed by atoms with Gasteiger partial charge in [-0.15, -0.1) is 0 Å². The average molecular weight is 278 g/mol. The summed E-state index contributed by atoms with van der Waals surface area (Å²) in [5.41, 5.74) is 0.520. The van der Waals surface area contributed by atoms with E-state index in [-0.39, 0.29) is 0 Å². The molecule has 2 saturated carbocycles. The van der Waals surface area contributed by atoms with Gasteiger partial charge in [0.25, 0.3) is 0 Å². The first-order valence-electron chi connectivity index (χ1n) is 9.26. The Hall–Kier alpha value is -0.0800. The van der Waals surface area contributed by atoms with Crippen molar-refractivity contribution in [1.82, 2.24) is 10.2 Å². The second kappa shape index (κ2) is 6.36. The maximum Gasteiger partial charge on any atom is 0.0334 e. The zero-order valence-electron chi connectivity index (χ0n) is 13.7. The highest BCUT2D eigenvalue weighted by Gasteiger charge is 2.45. The van der Waals surface area contributed by atoms with Gasteiger partial charge in [-0.2, -0.15) is 0 Å². The lowest BCUT2D eigenvalue weighted by molar-refractivity contribution is -0.00550. The van der Waals surface area contributed by atoms with Crippen molar-refractivity contribution >= 4 is 0 Å². The molecule has 0 aromatic carbocycles. The van der Waals surface area contributed by atoms with Crippen LogP contribution in [0.5, 0.6) is 0 Å². The SMILES string of the molecule is CCC(CC)CN1CC(C2CC2)NCC12CCCCC2. The van der Waals surface area contributed by atoms with Crippen LogP contribution in [0.15, 0.2) is 0 Å². The van der Waals surface area contributed by atoms with Crippen molar-refractivity contribution in [2.75, 3.05) is 19.6 Å². The average Bonchev–Trinajstić information content (AvgIpc) is 3.32. The van der Waals surface area contributed by atoms with Crippen molar-refractivity contribution in [2.24, 2.45) is 11.8 Å². The second-order valence-electron chi connectivity index (χ2n) is 7.70. The Bertz CT molecular complexity index is 299. The van der Waals surface area contributed by atoms with Gasteiger partial charge in [-0.05, 0) is 37.5 Å². The summed E-state index contributed by atoms with van der Waals surface area (Å²) in [6.07, 6.45) is 12.9. The lowest BCUT2D eigenvalue weighted by atomic mass is 9.77. The summed E-state index contributed by atoms with van der Waals surface area (Å²) in [6.45, 7) is 8.72. The number of nitrogens with one attached hydrogen (secondary N) is 1. The largest absolute Gasteiger partial charge is 0.311 e. The molecule has 1 unspecified atom stereocenters. The molecule has 0 amide bonds. The fraction of sp³-hybridized carbons (Fsp3) is 1.00. The molecule has 1 heterocycles. The zero-order valence-corrected chi connectivity index (χ0v) is 13.7. The molecule has 3 fully saturated rings. The number of nitrogens with zero attached hydrogens (tertiary/aromatic N) is 1. The van der Waals surface area contributed by atoms with E-state index in [4.69, 9.17) is 0 Å². The molecule has 2 nitrogen and oxygen atoms in total. The van der Waals surface area contributed by atoms with E-state index in [0.29, 0.717) is 5.54 Å². The van der Waals surface area contributed by atoms with Crippen LogP contribution in [0.2, 0.25) is 0 Å². The Morgan fingerprint density at radius 3 is 2.40 bits per heavy atom. The van der Waals surface area contributed by atoms with E-state index >= 15 is 0 Å². The van der Waals surface area contributed by atoms with Crippen LogP contribution in [0.3, 0.4) is 0 Å². The molecular weight excluding hydrogens is 244 g/mol. The van der Waals surface area contributed by atoms with Gasteiger partial charge in [0, 0.05) is 31.2 Å². The van der Waals surface area contributed by atoms with E-state index in [2.05, 4.69) is 24.1 Å². The molecule has 1 saturated heterocycles. The van der Waals surface area contributed by atoms with E-state index < -0.39 is 0 Å². The summed E-state index contributed by atoms with van der Waals surface area (Å²) >= 11 is 0. The Morgan fingerprint density at radius 2 is 1.80 bits per heavy atom. The molecule has 0 aromatic heterocycles. The Labute approximate surface area is 125 Å². The van der Waals surface area contributed by atoms with E-state index in [1.54, 1.807) is 0 Å². The van der Waals surface area contributed by atoms with Crippen LogP contribution in [-0.2, 0) is 0 Å². The summed E-state index contributed by atoms with van der Waals surface area (Å²) in [4.78, 5) is 2.95. The molecule has 3 rings (SSSR count). The molecule has 0 radical (unpaired) electrons. The first-order valence-corrected chi connectivity index (χ1v) is 9.26. The minimum absolute atomic E-state index is 0.520. The lowest BCUT2D eigenvalue weighted by Gasteiger charge is -2.53. The minimum atomic E-state index is 0.520. The van der Waals surface area contributed by atoms with Crippen LogP contribution in [0.1, 0.15) is 71.6 Å². The highest BCUT2D eigenvalue weighted by molar-refractivity contribution is 5.03. The van der Waals surface area contributed by atoms with Crippen LogP contribution < -0.4 is 5.32 Å². The van der Waals surface area contributed by atoms with E-state index in [9.17, 15) is 0 Å². The third-order valence-corrected chi connectivity index (χ3v) is 6.39. The number of hydrogen-bond donors (Lipinski definition) is 1. The maximum atomic E-state index is 3.94. The second-order valence-corrected chi connectivity index (χ2v) is 7.70. The van der Waals surface area contributed by atoms with Crippen LogP contribution in [0.4, 0.5) is 0 Å². The van der Waals surface area contributed by atoms with Gasteiger partial charge in [0.05, 0.1) is 0 Å². The van der Waals surface area contributed by atoms with Gasteiger partial charge < -0.3 is 5.32 Å². The van der Waals surface area contributed by atoms with Gasteiger partial charge in [0.15, 0.2) is 0 Å². The molecule has 1 spiro atoms. The van der Waals surface area contributed by atoms with Gasteiger partial charge in [-0.3, -0.25) is 4.90 Å². The third-order valence-electron chi connectivity index (χ3n) is 6.39. The monoisotopic (exact) mass is 278 g/mol. The molecule has 0 bridgehead atoms. The summed E-state index contributed by atoms with van der Waals surface area (Å²) in [6, 6.07) is 0.803. The molecule has 20 heavy (non-hydrogen) atoms. The van der Waals surface area contributed by atoms with Crippen LogP contribution >= 0.6 is 0 Å². The standard InChI is InChI=1S/C18H34N2/c1-3-15(4-2)12-20-13-17(16-8-9-16)19-14-18(20)10-6-5-7-11-18/h15-17,19H,3-14H2,1-2H3. The summed E-state index contributed by atoms with van der Waals surface area (Å²) in [5, 5.41) is 3.94. The first kappa shape index (κ1) is 14.8. The predicted molar refractivity (Wildman–Crippen MR) is 86.0 cm³/mol. The molecule has 116 valence electrons. The molecule has 1 atom stereocenters. The predicted octanol–water partition coefficient (Wildman–Crippen LogP) is 3.81. The first-order chi connectivity index (χ1) is 9.77. The Kier molecular flexibility index (Phi) is 4.72. The molecular formula is C18H34N2. The zero-order chi connectivity index (χ0) is 14.0. The van der Waals surface area contributed by atoms with E-state index in [1.165, 1.54) is 77.4 Å². The van der Waals surface area contributed by atoms with Crippen molar-refractivity contribution in [1.29, 1.82) is 0 Å². The fourth-order valence-electron chi connectivity index (χ4n) is 4.57. The Morgan fingerprint density at radius 1 is 1.10 bits per heavy atom. The molecule has 1 aliphatic heterocycles. The van der Waals surface area contributed by atoms with Crippen LogP contribution in [-0.4, -0.2) is 36.1 Å². The van der Waals surface area contributed by atoms with Crippen molar-refractivity contribution in [2.45, 2.75) is 83.2 Å². The highest BCUT2D eigenvalue weighted by atomic mass is 15.3. The molecule has 2 aliphatic carbocycles. The van der Waals surface area contributed by atoms with E-state index in [1.807, 2.05) is 0 Å². The van der Waals surface area contributed by atoms with Gasteiger partial charge in [0.2, 0.25) is 0 Å². The number of hydrogen-bond acceptors (Lipinski definition) is 2. The molecule has 2 heteroatoms. The topological polar surface area (TPSA) is 15.3 Å². The molecule has 3 aliphatic rings. The van der Waals surface area contributed by atoms with Gasteiger partial charge in [-0.1, -0.05) is 46.0 Å². The highest BCUT2D eigenvalue weighted by Crippen LogP contribution is 2.40. The third kappa shape index (κ3) is 3.06. The Balaban J connectivity index is 1.70. The van der Waals surface area contributed by atoms with Gasteiger partial charge in [0.1, 0.15) is 0 Å². The summed E-state index contributed by atoms with van der Waals surface area (Å²) in [7, 11) is 0. The van der Waals surface area contributed by atoms with Crippen LogP contribution in [0.25, 0.3) is 0 Å². The molecule has 0 aromatic rings. The van der Waals surface area contributed by atoms with Crippen molar-refractivity contribution in [3.05, 3.63) is 0 Å². The normalized spacial score (nSPS) is 31.1. The minimum Gasteiger partial charge on any atom is -0.311 e. The van der Waals surface area contributed by atoms with Crippen LogP contribution in [0, 0.1) is 11.8 Å². The van der Waals surface area contributed by atoms with Gasteiger partial charge >= 0.3 is 0 Å². The summed E-state index contributed by atoms with van der Waals surface area (Å²) in [5.74, 6) is 1.91. The quantitative estimate of drug-likeness (QED) is 0.822. The van der Waals surface area contributed by atoms with Crippen molar-refractivity contribution in [3.63, 3.8) is 0 Å². The van der Waals surface area contributed by atoms with Crippen molar-refractivity contribution < 1.29 is 0 Å². The van der Waals surface area contributed by atoms with Gasteiger partial charge in [-0.25, -0.2) is 0 Å². The fourth-order valence-corrected chi connectivity index (χ4v) is 4.57.